The van der Waals surface area contributed by atoms with Crippen LogP contribution in [0.5, 0.6) is 0 Å². The summed E-state index contributed by atoms with van der Waals surface area (Å²) >= 11 is 4.32. The van der Waals surface area contributed by atoms with Gasteiger partial charge in [0.25, 0.3) is 0 Å². The molecule has 0 nitrogen and oxygen atoms in total. The van der Waals surface area contributed by atoms with Crippen molar-refractivity contribution in [3.63, 3.8) is 0 Å². The molecule has 1 heteroatoms. The largest absolute Gasteiger partial charge is 0.179 e. The van der Waals surface area contributed by atoms with Gasteiger partial charge in [0.05, 0.1) is 0 Å². The molecule has 0 spiro atoms. The molecule has 2 fully saturated rings. The van der Waals surface area contributed by atoms with Crippen LogP contribution in [-0.4, -0.2) is 5.75 Å². The normalized spacial score (nSPS) is 43.8. The third kappa shape index (κ3) is 1.91. The Hall–Kier alpha value is 0.350. The lowest BCUT2D eigenvalue weighted by atomic mass is 9.56. The average Bonchev–Trinajstić information content (AvgIpc) is 2.08. The predicted octanol–water partition coefficient (Wildman–Crippen LogP) is 3.77. The number of thiol groups is 1. The quantitative estimate of drug-likeness (QED) is 0.656. The minimum absolute atomic E-state index is 1.00. The summed E-state index contributed by atoms with van der Waals surface area (Å²) in [4.78, 5) is 0. The van der Waals surface area contributed by atoms with Gasteiger partial charge in [-0.1, -0.05) is 13.3 Å². The monoisotopic (exact) mass is 198 g/mol. The zero-order chi connectivity index (χ0) is 9.26. The van der Waals surface area contributed by atoms with E-state index in [0.29, 0.717) is 0 Å². The zero-order valence-electron chi connectivity index (χ0n) is 8.71. The average molecular weight is 198 g/mol. The van der Waals surface area contributed by atoms with E-state index < -0.39 is 0 Å². The summed E-state index contributed by atoms with van der Waals surface area (Å²) in [5.74, 6) is 5.38. The first kappa shape index (κ1) is 9.89. The van der Waals surface area contributed by atoms with Crippen LogP contribution in [0.2, 0.25) is 0 Å². The van der Waals surface area contributed by atoms with E-state index in [4.69, 9.17) is 0 Å². The van der Waals surface area contributed by atoms with Gasteiger partial charge in [-0.3, -0.25) is 0 Å². The molecule has 0 aromatic rings. The summed E-state index contributed by atoms with van der Waals surface area (Å²) in [6, 6.07) is 0. The van der Waals surface area contributed by atoms with Crippen molar-refractivity contribution in [1.29, 1.82) is 0 Å². The van der Waals surface area contributed by atoms with Crippen molar-refractivity contribution in [1.82, 2.24) is 0 Å². The molecule has 0 aromatic carbocycles. The van der Waals surface area contributed by atoms with Crippen LogP contribution in [0.4, 0.5) is 0 Å². The van der Waals surface area contributed by atoms with Gasteiger partial charge in [0.2, 0.25) is 0 Å². The zero-order valence-corrected chi connectivity index (χ0v) is 9.60. The number of hydrogen-bond acceptors (Lipinski definition) is 1. The first-order valence-corrected chi connectivity index (χ1v) is 6.57. The SMILES string of the molecule is C[C@@H]1CC[C@@H]2CC[C@@H]2C1CCCS. The van der Waals surface area contributed by atoms with Crippen LogP contribution in [0.3, 0.4) is 0 Å². The second kappa shape index (κ2) is 4.25. The van der Waals surface area contributed by atoms with Gasteiger partial charge in [0.15, 0.2) is 0 Å². The Morgan fingerprint density at radius 2 is 1.92 bits per heavy atom. The molecule has 0 bridgehead atoms. The number of rotatable bonds is 3. The summed E-state index contributed by atoms with van der Waals surface area (Å²) in [5.41, 5.74) is 0. The molecule has 0 heterocycles. The van der Waals surface area contributed by atoms with E-state index in [1.165, 1.54) is 38.5 Å². The third-order valence-corrected chi connectivity index (χ3v) is 4.76. The number of fused-ring (bicyclic) bond motifs is 1. The molecule has 0 aromatic heterocycles. The molecular weight excluding hydrogens is 176 g/mol. The maximum atomic E-state index is 4.32. The van der Waals surface area contributed by atoms with Crippen LogP contribution < -0.4 is 0 Å². The van der Waals surface area contributed by atoms with Crippen LogP contribution in [0, 0.1) is 23.7 Å². The van der Waals surface area contributed by atoms with Gasteiger partial charge in [0.1, 0.15) is 0 Å². The lowest BCUT2D eigenvalue weighted by Crippen LogP contribution is -2.40. The van der Waals surface area contributed by atoms with Crippen molar-refractivity contribution in [3.8, 4) is 0 Å². The molecule has 0 saturated heterocycles. The van der Waals surface area contributed by atoms with E-state index in [0.717, 1.165) is 29.4 Å². The molecule has 0 radical (unpaired) electrons. The predicted molar refractivity (Wildman–Crippen MR) is 61.2 cm³/mol. The summed E-state index contributed by atoms with van der Waals surface area (Å²) in [5, 5.41) is 0. The van der Waals surface area contributed by atoms with Crippen LogP contribution in [0.1, 0.15) is 45.4 Å². The van der Waals surface area contributed by atoms with Crippen LogP contribution in [0.15, 0.2) is 0 Å². The topological polar surface area (TPSA) is 0 Å². The molecule has 1 unspecified atom stereocenters. The molecule has 2 aliphatic rings. The van der Waals surface area contributed by atoms with E-state index in [2.05, 4.69) is 19.6 Å². The summed E-state index contributed by atoms with van der Waals surface area (Å²) in [6.07, 6.45) is 8.88. The van der Waals surface area contributed by atoms with Crippen LogP contribution in [-0.2, 0) is 0 Å². The van der Waals surface area contributed by atoms with Crippen LogP contribution in [0.25, 0.3) is 0 Å². The van der Waals surface area contributed by atoms with Gasteiger partial charge >= 0.3 is 0 Å². The highest BCUT2D eigenvalue weighted by molar-refractivity contribution is 7.80. The smallest absolute Gasteiger partial charge is 0.00978 e. The fourth-order valence-electron chi connectivity index (χ4n) is 3.46. The summed E-state index contributed by atoms with van der Waals surface area (Å²) < 4.78 is 0. The Bertz CT molecular complexity index is 167. The van der Waals surface area contributed by atoms with Crippen molar-refractivity contribution in [3.05, 3.63) is 0 Å². The molecule has 0 amide bonds. The first-order valence-electron chi connectivity index (χ1n) is 5.93. The Morgan fingerprint density at radius 1 is 1.15 bits per heavy atom. The minimum Gasteiger partial charge on any atom is -0.179 e. The number of hydrogen-bond donors (Lipinski definition) is 1. The standard InChI is InChI=1S/C12H22S/c1-9-4-5-10-6-7-12(10)11(9)3-2-8-13/h9-13H,2-8H2,1H3/t9-,10-,11?,12+/m1/s1. The van der Waals surface area contributed by atoms with Gasteiger partial charge in [-0.15, -0.1) is 0 Å². The van der Waals surface area contributed by atoms with Gasteiger partial charge in [-0.2, -0.15) is 12.6 Å². The van der Waals surface area contributed by atoms with Gasteiger partial charge in [-0.05, 0) is 61.5 Å². The maximum Gasteiger partial charge on any atom is -0.00978 e. The van der Waals surface area contributed by atoms with Crippen molar-refractivity contribution < 1.29 is 0 Å². The van der Waals surface area contributed by atoms with E-state index in [9.17, 15) is 0 Å². The van der Waals surface area contributed by atoms with Crippen molar-refractivity contribution in [2.75, 3.05) is 5.75 Å². The van der Waals surface area contributed by atoms with Gasteiger partial charge in [-0.25, -0.2) is 0 Å². The molecule has 0 aliphatic heterocycles. The van der Waals surface area contributed by atoms with E-state index in [1.54, 1.807) is 0 Å². The summed E-state index contributed by atoms with van der Waals surface area (Å²) in [7, 11) is 0. The third-order valence-electron chi connectivity index (χ3n) is 4.45. The lowest BCUT2D eigenvalue weighted by molar-refractivity contribution is 0.0121. The van der Waals surface area contributed by atoms with Crippen LogP contribution >= 0.6 is 12.6 Å². The Morgan fingerprint density at radius 3 is 2.54 bits per heavy atom. The van der Waals surface area contributed by atoms with Gasteiger partial charge < -0.3 is 0 Å². The second-order valence-electron chi connectivity index (χ2n) is 5.09. The fraction of sp³-hybridized carbons (Fsp3) is 1.00. The van der Waals surface area contributed by atoms with Crippen molar-refractivity contribution >= 4 is 12.6 Å². The van der Waals surface area contributed by atoms with Crippen molar-refractivity contribution in [2.45, 2.75) is 45.4 Å². The Balaban J connectivity index is 1.88. The lowest BCUT2D eigenvalue weighted by Gasteiger charge is -2.49. The highest BCUT2D eigenvalue weighted by Crippen LogP contribution is 2.51. The van der Waals surface area contributed by atoms with Gasteiger partial charge in [0, 0.05) is 0 Å². The highest BCUT2D eigenvalue weighted by atomic mass is 32.1. The molecule has 4 atom stereocenters. The maximum absolute atomic E-state index is 4.32. The van der Waals surface area contributed by atoms with E-state index >= 15 is 0 Å². The molecule has 0 N–H and O–H groups in total. The fourth-order valence-corrected chi connectivity index (χ4v) is 3.64. The van der Waals surface area contributed by atoms with E-state index in [-0.39, 0.29) is 0 Å². The minimum atomic E-state index is 1.00. The second-order valence-corrected chi connectivity index (χ2v) is 5.53. The Kier molecular flexibility index (Phi) is 3.23. The summed E-state index contributed by atoms with van der Waals surface area (Å²) in [6.45, 7) is 2.47. The van der Waals surface area contributed by atoms with E-state index in [1.807, 2.05) is 0 Å². The molecule has 2 rings (SSSR count). The molecule has 2 saturated carbocycles. The highest BCUT2D eigenvalue weighted by Gasteiger charge is 2.41. The Labute approximate surface area is 87.9 Å². The molecule has 2 aliphatic carbocycles. The molecule has 13 heavy (non-hydrogen) atoms. The molecular formula is C12H22S. The van der Waals surface area contributed by atoms with Crippen molar-refractivity contribution in [2.24, 2.45) is 23.7 Å². The first-order chi connectivity index (χ1) is 6.33. The molecule has 76 valence electrons.